The molecule has 3 aliphatic rings. The molecule has 2 aromatic carbocycles. The van der Waals surface area contributed by atoms with E-state index in [0.717, 1.165) is 22.6 Å². The molecule has 1 aliphatic carbocycles. The molecule has 1 N–H and O–H groups in total. The molecule has 0 bridgehead atoms. The lowest BCUT2D eigenvalue weighted by atomic mass is 9.73. The van der Waals surface area contributed by atoms with Crippen molar-refractivity contribution in [1.29, 1.82) is 0 Å². The molecular formula is C34H38N4O6. The first-order chi connectivity index (χ1) is 21.2. The zero-order valence-corrected chi connectivity index (χ0v) is 25.6. The van der Waals surface area contributed by atoms with Crippen LogP contribution < -0.4 is 19.7 Å². The molecule has 0 saturated carbocycles. The van der Waals surface area contributed by atoms with Crippen molar-refractivity contribution in [2.24, 2.45) is 5.41 Å². The number of hydrogen-bond donors (Lipinski definition) is 1. The Hall–Kier alpha value is -4.73. The van der Waals surface area contributed by atoms with Crippen molar-refractivity contribution in [3.05, 3.63) is 83.5 Å². The van der Waals surface area contributed by atoms with Crippen LogP contribution in [0.25, 0.3) is 0 Å². The highest BCUT2D eigenvalue weighted by molar-refractivity contribution is 6.02. The number of hydrogen-bond acceptors (Lipinski definition) is 8. The average Bonchev–Trinajstić information content (AvgIpc) is 3.52. The molecule has 1 saturated heterocycles. The van der Waals surface area contributed by atoms with Gasteiger partial charge < -0.3 is 33.9 Å². The highest BCUT2D eigenvalue weighted by Crippen LogP contribution is 2.50. The number of nitrogens with zero attached hydrogens (tertiary/aromatic N) is 3. The van der Waals surface area contributed by atoms with Gasteiger partial charge in [-0.3, -0.25) is 14.4 Å². The van der Waals surface area contributed by atoms with Gasteiger partial charge in [0.05, 0.1) is 44.4 Å². The van der Waals surface area contributed by atoms with Gasteiger partial charge in [-0.15, -0.1) is 0 Å². The number of Topliss-reactive ketones (excluding diaryl/α,β-unsaturated/α-hetero) is 1. The van der Waals surface area contributed by atoms with E-state index in [2.05, 4.69) is 19.2 Å². The topological polar surface area (TPSA) is 105 Å². The highest BCUT2D eigenvalue weighted by Gasteiger charge is 2.43. The fourth-order valence-electron chi connectivity index (χ4n) is 6.56. The van der Waals surface area contributed by atoms with Gasteiger partial charge in [0.15, 0.2) is 11.5 Å². The monoisotopic (exact) mass is 598 g/mol. The summed E-state index contributed by atoms with van der Waals surface area (Å²) in [7, 11) is 3.21. The van der Waals surface area contributed by atoms with Gasteiger partial charge in [0.1, 0.15) is 11.5 Å². The summed E-state index contributed by atoms with van der Waals surface area (Å²) >= 11 is 0. The SMILES string of the molecule is COc1ccc(OC)c(C2C3=C(CC(C)(C)CC3=O)Nc3ccccc3N2CC(=O)N2CCN(C(=O)c3ccco3)CC2)c1. The van der Waals surface area contributed by atoms with Gasteiger partial charge in [-0.1, -0.05) is 26.0 Å². The molecule has 0 radical (unpaired) electrons. The second-order valence-corrected chi connectivity index (χ2v) is 12.3. The van der Waals surface area contributed by atoms with Crippen LogP contribution in [0.15, 0.2) is 76.5 Å². The van der Waals surface area contributed by atoms with Crippen LogP contribution in [0.3, 0.4) is 0 Å². The second kappa shape index (κ2) is 11.7. The molecule has 10 nitrogen and oxygen atoms in total. The normalized spacial score (nSPS) is 19.5. The summed E-state index contributed by atoms with van der Waals surface area (Å²) in [6, 6.07) is 16.1. The number of carbonyl (C=O) groups is 3. The van der Waals surface area contributed by atoms with Crippen molar-refractivity contribution in [3.8, 4) is 11.5 Å². The summed E-state index contributed by atoms with van der Waals surface area (Å²) < 4.78 is 16.7. The number of para-hydroxylation sites is 2. The maximum atomic E-state index is 14.1. The largest absolute Gasteiger partial charge is 0.497 e. The van der Waals surface area contributed by atoms with Gasteiger partial charge in [0.2, 0.25) is 5.91 Å². The molecule has 1 unspecified atom stereocenters. The first-order valence-electron chi connectivity index (χ1n) is 14.9. The number of anilines is 2. The van der Waals surface area contributed by atoms with Crippen molar-refractivity contribution in [3.63, 3.8) is 0 Å². The van der Waals surface area contributed by atoms with Gasteiger partial charge in [-0.25, -0.2) is 0 Å². The van der Waals surface area contributed by atoms with Gasteiger partial charge >= 0.3 is 0 Å². The van der Waals surface area contributed by atoms with Crippen molar-refractivity contribution in [2.75, 3.05) is 57.2 Å². The standard InChI is InChI=1S/C34H38N4O6/c1-34(2)19-25-31(27(39)20-34)32(23-18-22(42-3)11-12-28(23)43-4)38(26-9-6-5-8-24(26)35-25)21-30(40)36-13-15-37(16-14-36)33(41)29-10-7-17-44-29/h5-12,17-18,32,35H,13-16,19-21H2,1-4H3. The van der Waals surface area contributed by atoms with E-state index in [0.29, 0.717) is 56.1 Å². The number of ketones is 1. The molecule has 44 heavy (non-hydrogen) atoms. The number of piperazine rings is 1. The molecule has 6 rings (SSSR count). The third kappa shape index (κ3) is 5.52. The predicted octanol–water partition coefficient (Wildman–Crippen LogP) is 4.90. The smallest absolute Gasteiger partial charge is 0.289 e. The van der Waals surface area contributed by atoms with Crippen LogP contribution in [0, 0.1) is 5.41 Å². The molecule has 1 aromatic heterocycles. The first-order valence-corrected chi connectivity index (χ1v) is 14.9. The maximum Gasteiger partial charge on any atom is 0.289 e. The Morgan fingerprint density at radius 2 is 1.70 bits per heavy atom. The Kier molecular flexibility index (Phi) is 7.84. The molecule has 2 aliphatic heterocycles. The summed E-state index contributed by atoms with van der Waals surface area (Å²) in [5.41, 5.74) is 3.65. The zero-order chi connectivity index (χ0) is 31.0. The Morgan fingerprint density at radius 3 is 2.41 bits per heavy atom. The van der Waals surface area contributed by atoms with Crippen molar-refractivity contribution < 1.29 is 28.3 Å². The van der Waals surface area contributed by atoms with E-state index in [-0.39, 0.29) is 35.3 Å². The lowest BCUT2D eigenvalue weighted by Crippen LogP contribution is -2.53. The second-order valence-electron chi connectivity index (χ2n) is 12.3. The van der Waals surface area contributed by atoms with Crippen LogP contribution in [0.1, 0.15) is 48.8 Å². The van der Waals surface area contributed by atoms with Gasteiger partial charge in [-0.2, -0.15) is 0 Å². The number of carbonyl (C=O) groups excluding carboxylic acids is 3. The number of nitrogens with one attached hydrogen (secondary N) is 1. The van der Waals surface area contributed by atoms with Gasteiger partial charge in [-0.05, 0) is 54.3 Å². The van der Waals surface area contributed by atoms with Gasteiger partial charge in [0.25, 0.3) is 5.91 Å². The zero-order valence-electron chi connectivity index (χ0n) is 25.6. The van der Waals surface area contributed by atoms with Crippen LogP contribution in [-0.4, -0.2) is 74.3 Å². The highest BCUT2D eigenvalue weighted by atomic mass is 16.5. The Morgan fingerprint density at radius 1 is 0.955 bits per heavy atom. The maximum absolute atomic E-state index is 14.1. The van der Waals surface area contributed by atoms with E-state index in [1.807, 2.05) is 47.4 Å². The molecule has 1 atom stereocenters. The average molecular weight is 599 g/mol. The van der Waals surface area contributed by atoms with Crippen molar-refractivity contribution in [1.82, 2.24) is 9.80 Å². The summed E-state index contributed by atoms with van der Waals surface area (Å²) in [6.45, 7) is 5.82. The van der Waals surface area contributed by atoms with E-state index in [9.17, 15) is 14.4 Å². The van der Waals surface area contributed by atoms with E-state index in [1.165, 1.54) is 6.26 Å². The van der Waals surface area contributed by atoms with Gasteiger partial charge in [0, 0.05) is 49.4 Å². The first kappa shape index (κ1) is 29.3. The van der Waals surface area contributed by atoms with E-state index >= 15 is 0 Å². The number of benzene rings is 2. The minimum Gasteiger partial charge on any atom is -0.497 e. The number of methoxy groups -OCH3 is 2. The van der Waals surface area contributed by atoms with Crippen LogP contribution in [0.4, 0.5) is 11.4 Å². The fourth-order valence-corrected chi connectivity index (χ4v) is 6.56. The lowest BCUT2D eigenvalue weighted by molar-refractivity contribution is -0.131. The van der Waals surface area contributed by atoms with Crippen LogP contribution in [-0.2, 0) is 9.59 Å². The summed E-state index contributed by atoms with van der Waals surface area (Å²) in [4.78, 5) is 46.5. The molecule has 3 heterocycles. The summed E-state index contributed by atoms with van der Waals surface area (Å²) in [5, 5.41) is 3.59. The minimum absolute atomic E-state index is 0.0172. The molecule has 3 aromatic rings. The number of rotatable bonds is 6. The van der Waals surface area contributed by atoms with Crippen molar-refractivity contribution in [2.45, 2.75) is 32.7 Å². The number of fused-ring (bicyclic) bond motifs is 1. The fraction of sp³-hybridized carbons (Fsp3) is 0.382. The third-order valence-electron chi connectivity index (χ3n) is 8.69. The number of furan rings is 1. The molecule has 1 fully saturated rings. The third-order valence-corrected chi connectivity index (χ3v) is 8.69. The molecule has 2 amide bonds. The number of amides is 2. The van der Waals surface area contributed by atoms with Crippen LogP contribution >= 0.6 is 0 Å². The molecule has 0 spiro atoms. The van der Waals surface area contributed by atoms with Crippen LogP contribution in [0.5, 0.6) is 11.5 Å². The Bertz CT molecular complexity index is 1600. The molecular weight excluding hydrogens is 560 g/mol. The van der Waals surface area contributed by atoms with E-state index in [4.69, 9.17) is 13.9 Å². The van der Waals surface area contributed by atoms with E-state index < -0.39 is 6.04 Å². The predicted molar refractivity (Wildman–Crippen MR) is 166 cm³/mol. The quantitative estimate of drug-likeness (QED) is 0.428. The molecule has 230 valence electrons. The number of ether oxygens (including phenoxy) is 2. The van der Waals surface area contributed by atoms with E-state index in [1.54, 1.807) is 36.2 Å². The molecule has 10 heteroatoms. The summed E-state index contributed by atoms with van der Waals surface area (Å²) in [6.07, 6.45) is 2.55. The van der Waals surface area contributed by atoms with Crippen molar-refractivity contribution >= 4 is 29.0 Å². The Labute approximate surface area is 257 Å². The minimum atomic E-state index is -0.611. The Balaban J connectivity index is 1.39. The summed E-state index contributed by atoms with van der Waals surface area (Å²) in [5.74, 6) is 1.28. The lowest BCUT2D eigenvalue weighted by Gasteiger charge is -2.40. The number of allylic oxidation sites excluding steroid dienone is 1. The van der Waals surface area contributed by atoms with Crippen LogP contribution in [0.2, 0.25) is 0 Å².